The monoisotopic (exact) mass is 251 g/mol. The number of aliphatic hydroxyl groups is 1. The van der Waals surface area contributed by atoms with Crippen molar-refractivity contribution in [1.29, 1.82) is 0 Å². The van der Waals surface area contributed by atoms with Gasteiger partial charge in [-0.25, -0.2) is 4.39 Å². The summed E-state index contributed by atoms with van der Waals surface area (Å²) in [5.41, 5.74) is 0.757. The third kappa shape index (κ3) is 3.45. The Morgan fingerprint density at radius 1 is 1.44 bits per heavy atom. The molecule has 1 saturated carbocycles. The van der Waals surface area contributed by atoms with Crippen LogP contribution in [0.4, 0.5) is 10.1 Å². The van der Waals surface area contributed by atoms with Crippen molar-refractivity contribution in [2.45, 2.75) is 38.6 Å². The molecular formula is C15H22FNO. The lowest BCUT2D eigenvalue weighted by atomic mass is 9.78. The molecule has 0 heterocycles. The van der Waals surface area contributed by atoms with Crippen LogP contribution in [0.1, 0.15) is 32.6 Å². The van der Waals surface area contributed by atoms with Crippen molar-refractivity contribution in [1.82, 2.24) is 0 Å². The Balaban J connectivity index is 2.00. The minimum atomic E-state index is -0.242. The summed E-state index contributed by atoms with van der Waals surface area (Å²) in [6.07, 6.45) is 4.81. The number of benzene rings is 1. The van der Waals surface area contributed by atoms with Gasteiger partial charge in [-0.15, -0.1) is 0 Å². The highest BCUT2D eigenvalue weighted by Crippen LogP contribution is 2.31. The fraction of sp³-hybridized carbons (Fsp3) is 0.600. The van der Waals surface area contributed by atoms with E-state index >= 15 is 0 Å². The van der Waals surface area contributed by atoms with Crippen molar-refractivity contribution in [3.63, 3.8) is 0 Å². The van der Waals surface area contributed by atoms with Gasteiger partial charge in [0.1, 0.15) is 5.82 Å². The summed E-state index contributed by atoms with van der Waals surface area (Å²) >= 11 is 0. The van der Waals surface area contributed by atoms with Gasteiger partial charge in [-0.2, -0.15) is 0 Å². The molecule has 1 fully saturated rings. The van der Waals surface area contributed by atoms with Gasteiger partial charge in [-0.05, 0) is 42.9 Å². The Morgan fingerprint density at radius 3 is 2.94 bits per heavy atom. The van der Waals surface area contributed by atoms with E-state index < -0.39 is 0 Å². The number of hydrogen-bond acceptors (Lipinski definition) is 2. The first-order valence-corrected chi connectivity index (χ1v) is 6.82. The summed E-state index contributed by atoms with van der Waals surface area (Å²) in [7, 11) is 0. The molecule has 2 nitrogen and oxygen atoms in total. The predicted octanol–water partition coefficient (Wildman–Crippen LogP) is 3.42. The molecule has 2 rings (SSSR count). The third-order valence-electron chi connectivity index (χ3n) is 3.92. The maximum atomic E-state index is 13.1. The first-order chi connectivity index (χ1) is 8.69. The fourth-order valence-corrected chi connectivity index (χ4v) is 2.95. The van der Waals surface area contributed by atoms with Crippen LogP contribution in [0, 0.1) is 17.7 Å². The van der Waals surface area contributed by atoms with Gasteiger partial charge in [-0.1, -0.05) is 25.8 Å². The van der Waals surface area contributed by atoms with Crippen molar-refractivity contribution in [2.75, 3.05) is 11.9 Å². The van der Waals surface area contributed by atoms with Crippen LogP contribution in [0.5, 0.6) is 0 Å². The predicted molar refractivity (Wildman–Crippen MR) is 72.0 cm³/mol. The Labute approximate surface area is 108 Å². The minimum Gasteiger partial charge on any atom is -0.394 e. The van der Waals surface area contributed by atoms with Crippen molar-refractivity contribution in [2.24, 2.45) is 11.8 Å². The molecule has 100 valence electrons. The number of anilines is 1. The molecule has 0 amide bonds. The Bertz CT molecular complexity index is 383. The summed E-state index contributed by atoms with van der Waals surface area (Å²) in [4.78, 5) is 0. The Kier molecular flexibility index (Phi) is 4.59. The quantitative estimate of drug-likeness (QED) is 0.859. The average molecular weight is 251 g/mol. The Hall–Kier alpha value is -1.09. The van der Waals surface area contributed by atoms with Crippen LogP contribution in [0.25, 0.3) is 0 Å². The van der Waals surface area contributed by atoms with Crippen molar-refractivity contribution < 1.29 is 9.50 Å². The lowest BCUT2D eigenvalue weighted by Crippen LogP contribution is -2.35. The first-order valence-electron chi connectivity index (χ1n) is 6.82. The Morgan fingerprint density at radius 2 is 2.28 bits per heavy atom. The summed E-state index contributed by atoms with van der Waals surface area (Å²) in [6, 6.07) is 6.49. The highest BCUT2D eigenvalue weighted by atomic mass is 19.1. The molecular weight excluding hydrogens is 229 g/mol. The normalized spacial score (nSPS) is 25.7. The van der Waals surface area contributed by atoms with E-state index in [9.17, 15) is 9.50 Å². The topological polar surface area (TPSA) is 32.3 Å². The maximum Gasteiger partial charge on any atom is 0.125 e. The molecule has 1 aromatic carbocycles. The van der Waals surface area contributed by atoms with Crippen LogP contribution in [0.3, 0.4) is 0 Å². The first kappa shape index (κ1) is 13.3. The second kappa shape index (κ2) is 6.19. The standard InChI is InChI=1S/C15H22FNO/c1-11-4-2-5-12(8-11)15(10-18)17-14-7-3-6-13(16)9-14/h3,6-7,9,11-12,15,17-18H,2,4-5,8,10H2,1H3. The van der Waals surface area contributed by atoms with Crippen molar-refractivity contribution in [3.8, 4) is 0 Å². The maximum absolute atomic E-state index is 13.1. The molecule has 0 radical (unpaired) electrons. The number of hydrogen-bond donors (Lipinski definition) is 2. The smallest absolute Gasteiger partial charge is 0.125 e. The fourth-order valence-electron chi connectivity index (χ4n) is 2.95. The van der Waals surface area contributed by atoms with Gasteiger partial charge in [0.15, 0.2) is 0 Å². The van der Waals surface area contributed by atoms with Crippen LogP contribution >= 0.6 is 0 Å². The van der Waals surface area contributed by atoms with E-state index in [1.807, 2.05) is 6.07 Å². The van der Waals surface area contributed by atoms with E-state index in [0.29, 0.717) is 5.92 Å². The summed E-state index contributed by atoms with van der Waals surface area (Å²) in [5.74, 6) is 0.975. The molecule has 1 aliphatic rings. The van der Waals surface area contributed by atoms with Crippen molar-refractivity contribution in [3.05, 3.63) is 30.1 Å². The molecule has 0 spiro atoms. The number of nitrogens with one attached hydrogen (secondary N) is 1. The van der Waals surface area contributed by atoms with Crippen LogP contribution in [-0.2, 0) is 0 Å². The van der Waals surface area contributed by atoms with Crippen LogP contribution < -0.4 is 5.32 Å². The average Bonchev–Trinajstić information content (AvgIpc) is 2.36. The molecule has 0 aromatic heterocycles. The minimum absolute atomic E-state index is 0.0366. The van der Waals surface area contributed by atoms with Gasteiger partial charge in [0, 0.05) is 5.69 Å². The van der Waals surface area contributed by atoms with Gasteiger partial charge >= 0.3 is 0 Å². The molecule has 0 aliphatic heterocycles. The van der Waals surface area contributed by atoms with Gasteiger partial charge in [0.2, 0.25) is 0 Å². The van der Waals surface area contributed by atoms with E-state index in [2.05, 4.69) is 12.2 Å². The van der Waals surface area contributed by atoms with E-state index in [4.69, 9.17) is 0 Å². The highest BCUT2D eigenvalue weighted by molar-refractivity contribution is 5.44. The summed E-state index contributed by atoms with van der Waals surface area (Å²) in [6.45, 7) is 2.37. The highest BCUT2D eigenvalue weighted by Gasteiger charge is 2.26. The van der Waals surface area contributed by atoms with E-state index in [-0.39, 0.29) is 18.5 Å². The number of aliphatic hydroxyl groups excluding tert-OH is 1. The van der Waals surface area contributed by atoms with Crippen molar-refractivity contribution >= 4 is 5.69 Å². The van der Waals surface area contributed by atoms with Crippen LogP contribution in [0.2, 0.25) is 0 Å². The van der Waals surface area contributed by atoms with E-state index in [0.717, 1.165) is 24.4 Å². The SMILES string of the molecule is CC1CCCC(C(CO)Nc2cccc(F)c2)C1. The molecule has 3 atom stereocenters. The van der Waals surface area contributed by atoms with E-state index in [1.165, 1.54) is 25.0 Å². The molecule has 3 heteroatoms. The number of rotatable bonds is 4. The molecule has 0 saturated heterocycles. The van der Waals surface area contributed by atoms with Crippen LogP contribution in [0.15, 0.2) is 24.3 Å². The van der Waals surface area contributed by atoms with Gasteiger partial charge < -0.3 is 10.4 Å². The lowest BCUT2D eigenvalue weighted by molar-refractivity contribution is 0.188. The zero-order valence-electron chi connectivity index (χ0n) is 10.9. The van der Waals surface area contributed by atoms with E-state index in [1.54, 1.807) is 6.07 Å². The zero-order valence-corrected chi connectivity index (χ0v) is 10.9. The zero-order chi connectivity index (χ0) is 13.0. The molecule has 2 N–H and O–H groups in total. The molecule has 1 aliphatic carbocycles. The molecule has 3 unspecified atom stereocenters. The lowest BCUT2D eigenvalue weighted by Gasteiger charge is -2.33. The summed E-state index contributed by atoms with van der Waals surface area (Å²) < 4.78 is 13.1. The second-order valence-corrected chi connectivity index (χ2v) is 5.48. The van der Waals surface area contributed by atoms with Gasteiger partial charge in [0.25, 0.3) is 0 Å². The largest absolute Gasteiger partial charge is 0.394 e. The second-order valence-electron chi connectivity index (χ2n) is 5.48. The summed E-state index contributed by atoms with van der Waals surface area (Å²) in [5, 5.41) is 12.8. The molecule has 18 heavy (non-hydrogen) atoms. The molecule has 0 bridgehead atoms. The number of halogens is 1. The third-order valence-corrected chi connectivity index (χ3v) is 3.92. The van der Waals surface area contributed by atoms with Gasteiger partial charge in [-0.3, -0.25) is 0 Å². The van der Waals surface area contributed by atoms with Gasteiger partial charge in [0.05, 0.1) is 12.6 Å². The molecule has 1 aromatic rings. The van der Waals surface area contributed by atoms with Crippen LogP contribution in [-0.4, -0.2) is 17.8 Å².